The standard InChI is InChI=1S/C12H16BrN3/c1-16(2)8-7-15-12(9-14)10-5-3-4-6-11(10)13/h3-6,12,15H,7-8H2,1-2H3. The van der Waals surface area contributed by atoms with Crippen LogP contribution in [0.25, 0.3) is 0 Å². The molecule has 0 aliphatic rings. The molecule has 16 heavy (non-hydrogen) atoms. The summed E-state index contributed by atoms with van der Waals surface area (Å²) in [4.78, 5) is 2.08. The maximum Gasteiger partial charge on any atom is 0.122 e. The third-order valence-corrected chi connectivity index (χ3v) is 2.97. The van der Waals surface area contributed by atoms with Gasteiger partial charge in [-0.25, -0.2) is 0 Å². The molecule has 0 radical (unpaired) electrons. The highest BCUT2D eigenvalue weighted by atomic mass is 79.9. The maximum absolute atomic E-state index is 9.12. The number of likely N-dealkylation sites (N-methyl/N-ethyl adjacent to an activating group) is 1. The van der Waals surface area contributed by atoms with E-state index in [4.69, 9.17) is 5.26 Å². The second-order valence-electron chi connectivity index (χ2n) is 3.84. The van der Waals surface area contributed by atoms with Gasteiger partial charge in [-0.15, -0.1) is 0 Å². The van der Waals surface area contributed by atoms with Crippen molar-refractivity contribution in [3.63, 3.8) is 0 Å². The summed E-state index contributed by atoms with van der Waals surface area (Å²) in [6.07, 6.45) is 0. The predicted octanol–water partition coefficient (Wildman–Crippen LogP) is 2.16. The van der Waals surface area contributed by atoms with Crippen LogP contribution in [0.2, 0.25) is 0 Å². The minimum absolute atomic E-state index is 0.254. The van der Waals surface area contributed by atoms with E-state index in [2.05, 4.69) is 32.2 Å². The van der Waals surface area contributed by atoms with Crippen LogP contribution in [0.1, 0.15) is 11.6 Å². The van der Waals surface area contributed by atoms with Crippen LogP contribution in [-0.4, -0.2) is 32.1 Å². The van der Waals surface area contributed by atoms with Crippen molar-refractivity contribution in [2.75, 3.05) is 27.2 Å². The Labute approximate surface area is 105 Å². The summed E-state index contributed by atoms with van der Waals surface area (Å²) in [7, 11) is 4.03. The van der Waals surface area contributed by atoms with Gasteiger partial charge in [0.25, 0.3) is 0 Å². The van der Waals surface area contributed by atoms with E-state index in [1.165, 1.54) is 0 Å². The summed E-state index contributed by atoms with van der Waals surface area (Å²) < 4.78 is 0.971. The van der Waals surface area contributed by atoms with Crippen molar-refractivity contribution < 1.29 is 0 Å². The predicted molar refractivity (Wildman–Crippen MR) is 69.1 cm³/mol. The Morgan fingerprint density at radius 2 is 2.12 bits per heavy atom. The van der Waals surface area contributed by atoms with Crippen molar-refractivity contribution >= 4 is 15.9 Å². The normalized spacial score (nSPS) is 12.4. The molecule has 86 valence electrons. The number of halogens is 1. The molecule has 0 heterocycles. The van der Waals surface area contributed by atoms with Crippen LogP contribution in [0.4, 0.5) is 0 Å². The number of nitrogens with one attached hydrogen (secondary N) is 1. The SMILES string of the molecule is CN(C)CCNC(C#N)c1ccccc1Br. The Balaban J connectivity index is 2.62. The Morgan fingerprint density at radius 1 is 1.44 bits per heavy atom. The summed E-state index contributed by atoms with van der Waals surface area (Å²) in [5.74, 6) is 0. The molecule has 1 N–H and O–H groups in total. The molecule has 0 saturated heterocycles. The zero-order chi connectivity index (χ0) is 12.0. The molecule has 0 saturated carbocycles. The topological polar surface area (TPSA) is 39.1 Å². The van der Waals surface area contributed by atoms with Gasteiger partial charge in [0.1, 0.15) is 6.04 Å². The quantitative estimate of drug-likeness (QED) is 0.899. The van der Waals surface area contributed by atoms with Gasteiger partial charge in [0.2, 0.25) is 0 Å². The summed E-state index contributed by atoms with van der Waals surface area (Å²) >= 11 is 3.46. The van der Waals surface area contributed by atoms with Crippen LogP contribution in [0, 0.1) is 11.3 Å². The Morgan fingerprint density at radius 3 is 2.69 bits per heavy atom. The highest BCUT2D eigenvalue weighted by molar-refractivity contribution is 9.10. The molecule has 0 bridgehead atoms. The highest BCUT2D eigenvalue weighted by Crippen LogP contribution is 2.22. The Kier molecular flexibility index (Phi) is 5.47. The molecule has 1 unspecified atom stereocenters. The lowest BCUT2D eigenvalue weighted by Crippen LogP contribution is -2.29. The van der Waals surface area contributed by atoms with Crippen LogP contribution < -0.4 is 5.32 Å². The summed E-state index contributed by atoms with van der Waals surface area (Å²) in [6.45, 7) is 1.72. The fourth-order valence-electron chi connectivity index (χ4n) is 1.37. The third kappa shape index (κ3) is 3.93. The first kappa shape index (κ1) is 13.2. The van der Waals surface area contributed by atoms with Crippen molar-refractivity contribution in [3.8, 4) is 6.07 Å². The second kappa shape index (κ2) is 6.64. The average Bonchev–Trinajstić information content (AvgIpc) is 2.25. The molecule has 0 aliphatic heterocycles. The zero-order valence-electron chi connectivity index (χ0n) is 9.57. The van der Waals surface area contributed by atoms with E-state index in [1.54, 1.807) is 0 Å². The number of hydrogen-bond acceptors (Lipinski definition) is 3. The Hall–Kier alpha value is -0.890. The first-order chi connectivity index (χ1) is 7.65. The third-order valence-electron chi connectivity index (χ3n) is 2.25. The van der Waals surface area contributed by atoms with Crippen molar-refractivity contribution in [2.24, 2.45) is 0 Å². The molecular formula is C12H16BrN3. The van der Waals surface area contributed by atoms with Gasteiger partial charge < -0.3 is 4.90 Å². The van der Waals surface area contributed by atoms with Crippen LogP contribution in [0.3, 0.4) is 0 Å². The average molecular weight is 282 g/mol. The number of nitriles is 1. The molecule has 0 amide bonds. The largest absolute Gasteiger partial charge is 0.308 e. The minimum atomic E-state index is -0.254. The summed E-state index contributed by atoms with van der Waals surface area (Å²) in [5.41, 5.74) is 0.990. The number of benzene rings is 1. The molecule has 3 nitrogen and oxygen atoms in total. The fraction of sp³-hybridized carbons (Fsp3) is 0.417. The van der Waals surface area contributed by atoms with Gasteiger partial charge in [-0.05, 0) is 25.7 Å². The van der Waals surface area contributed by atoms with Gasteiger partial charge in [0, 0.05) is 17.6 Å². The molecular weight excluding hydrogens is 266 g/mol. The Bertz CT molecular complexity index is 371. The molecule has 0 fully saturated rings. The lowest BCUT2D eigenvalue weighted by atomic mass is 10.1. The first-order valence-electron chi connectivity index (χ1n) is 5.17. The monoisotopic (exact) mass is 281 g/mol. The van der Waals surface area contributed by atoms with Gasteiger partial charge in [0.05, 0.1) is 6.07 Å². The van der Waals surface area contributed by atoms with Crippen molar-refractivity contribution in [2.45, 2.75) is 6.04 Å². The van der Waals surface area contributed by atoms with E-state index in [0.29, 0.717) is 0 Å². The molecule has 4 heteroatoms. The lowest BCUT2D eigenvalue weighted by molar-refractivity contribution is 0.395. The molecule has 1 aromatic carbocycles. The van der Waals surface area contributed by atoms with E-state index < -0.39 is 0 Å². The van der Waals surface area contributed by atoms with Crippen LogP contribution >= 0.6 is 15.9 Å². The molecule has 0 aromatic heterocycles. The van der Waals surface area contributed by atoms with E-state index in [9.17, 15) is 0 Å². The van der Waals surface area contributed by atoms with Gasteiger partial charge in [-0.2, -0.15) is 5.26 Å². The summed E-state index contributed by atoms with van der Waals surface area (Å²) in [6, 6.07) is 9.82. The number of rotatable bonds is 5. The van der Waals surface area contributed by atoms with Gasteiger partial charge in [0.15, 0.2) is 0 Å². The number of nitrogens with zero attached hydrogens (tertiary/aromatic N) is 2. The maximum atomic E-state index is 9.12. The zero-order valence-corrected chi connectivity index (χ0v) is 11.2. The van der Waals surface area contributed by atoms with Crippen LogP contribution in [-0.2, 0) is 0 Å². The lowest BCUT2D eigenvalue weighted by Gasteiger charge is -2.15. The van der Waals surface area contributed by atoms with Crippen molar-refractivity contribution in [1.29, 1.82) is 5.26 Å². The van der Waals surface area contributed by atoms with E-state index in [-0.39, 0.29) is 6.04 Å². The highest BCUT2D eigenvalue weighted by Gasteiger charge is 2.11. The number of hydrogen-bond donors (Lipinski definition) is 1. The van der Waals surface area contributed by atoms with Gasteiger partial charge >= 0.3 is 0 Å². The molecule has 0 aliphatic carbocycles. The van der Waals surface area contributed by atoms with E-state index in [1.807, 2.05) is 38.4 Å². The molecule has 1 rings (SSSR count). The fourth-order valence-corrected chi connectivity index (χ4v) is 1.88. The second-order valence-corrected chi connectivity index (χ2v) is 4.70. The smallest absolute Gasteiger partial charge is 0.122 e. The van der Waals surface area contributed by atoms with Gasteiger partial charge in [-0.1, -0.05) is 34.1 Å². The van der Waals surface area contributed by atoms with Crippen molar-refractivity contribution in [3.05, 3.63) is 34.3 Å². The van der Waals surface area contributed by atoms with Crippen LogP contribution in [0.15, 0.2) is 28.7 Å². The molecule has 0 spiro atoms. The van der Waals surface area contributed by atoms with E-state index in [0.717, 1.165) is 23.1 Å². The molecule has 1 atom stereocenters. The molecule has 1 aromatic rings. The minimum Gasteiger partial charge on any atom is -0.308 e. The first-order valence-corrected chi connectivity index (χ1v) is 5.96. The van der Waals surface area contributed by atoms with Crippen molar-refractivity contribution in [1.82, 2.24) is 10.2 Å². The van der Waals surface area contributed by atoms with Crippen LogP contribution in [0.5, 0.6) is 0 Å². The summed E-state index contributed by atoms with van der Waals surface area (Å²) in [5, 5.41) is 12.3. The van der Waals surface area contributed by atoms with Gasteiger partial charge in [-0.3, -0.25) is 5.32 Å². The van der Waals surface area contributed by atoms with E-state index >= 15 is 0 Å².